The molecule has 2 rings (SSSR count). The van der Waals surface area contributed by atoms with Crippen LogP contribution in [0.15, 0.2) is 16.6 Å². The Morgan fingerprint density at radius 1 is 1.33 bits per heavy atom. The van der Waals surface area contributed by atoms with E-state index in [0.29, 0.717) is 43.1 Å². The fourth-order valence-corrected chi connectivity index (χ4v) is 2.60. The van der Waals surface area contributed by atoms with E-state index in [1.807, 2.05) is 4.57 Å². The maximum Gasteiger partial charge on any atom is 0.139 e. The molecule has 0 aliphatic carbocycles. The first-order valence-electron chi connectivity index (χ1n) is 6.64. The molecule has 21 heavy (non-hydrogen) atoms. The Labute approximate surface area is 136 Å². The van der Waals surface area contributed by atoms with Crippen molar-refractivity contribution < 1.29 is 13.9 Å². The Kier molecular flexibility index (Phi) is 6.41. The summed E-state index contributed by atoms with van der Waals surface area (Å²) in [4.78, 5) is 4.52. The standard InChI is InChI=1S/C14H17BrClFN2O2/c1-20-6-7-21-5-4-19-13-9-11(17)10(15)8-12(13)18-14(19)2-3-16/h8-9H,2-7H2,1H3. The first-order chi connectivity index (χ1) is 10.2. The van der Waals surface area contributed by atoms with Gasteiger partial charge in [-0.15, -0.1) is 11.6 Å². The van der Waals surface area contributed by atoms with Gasteiger partial charge in [0.05, 0.1) is 35.3 Å². The number of imidazole rings is 1. The van der Waals surface area contributed by atoms with Gasteiger partial charge in [0.1, 0.15) is 11.6 Å². The van der Waals surface area contributed by atoms with Gasteiger partial charge in [-0.05, 0) is 22.0 Å². The fourth-order valence-electron chi connectivity index (χ4n) is 2.10. The summed E-state index contributed by atoms with van der Waals surface area (Å²) >= 11 is 9.00. The van der Waals surface area contributed by atoms with Crippen molar-refractivity contribution in [2.24, 2.45) is 0 Å². The number of aryl methyl sites for hydroxylation is 1. The van der Waals surface area contributed by atoms with Crippen LogP contribution in [0.5, 0.6) is 0 Å². The Balaban J connectivity index is 2.21. The molecule has 1 heterocycles. The monoisotopic (exact) mass is 378 g/mol. The minimum Gasteiger partial charge on any atom is -0.382 e. The van der Waals surface area contributed by atoms with Crippen molar-refractivity contribution in [3.63, 3.8) is 0 Å². The lowest BCUT2D eigenvalue weighted by atomic mass is 10.3. The molecule has 0 fully saturated rings. The lowest BCUT2D eigenvalue weighted by Crippen LogP contribution is -2.12. The zero-order valence-electron chi connectivity index (χ0n) is 11.7. The highest BCUT2D eigenvalue weighted by Gasteiger charge is 2.13. The van der Waals surface area contributed by atoms with E-state index in [1.54, 1.807) is 13.2 Å². The van der Waals surface area contributed by atoms with E-state index in [-0.39, 0.29) is 5.82 Å². The third kappa shape index (κ3) is 4.16. The number of hydrogen-bond donors (Lipinski definition) is 0. The van der Waals surface area contributed by atoms with E-state index in [9.17, 15) is 4.39 Å². The summed E-state index contributed by atoms with van der Waals surface area (Å²) in [6.07, 6.45) is 0.632. The van der Waals surface area contributed by atoms with Gasteiger partial charge in [-0.25, -0.2) is 9.37 Å². The van der Waals surface area contributed by atoms with Crippen molar-refractivity contribution >= 4 is 38.6 Å². The normalized spacial score (nSPS) is 11.4. The predicted molar refractivity (Wildman–Crippen MR) is 84.5 cm³/mol. The summed E-state index contributed by atoms with van der Waals surface area (Å²) in [7, 11) is 1.63. The van der Waals surface area contributed by atoms with E-state index < -0.39 is 0 Å². The average molecular weight is 380 g/mol. The molecule has 0 N–H and O–H groups in total. The topological polar surface area (TPSA) is 36.3 Å². The van der Waals surface area contributed by atoms with Crippen LogP contribution in [0, 0.1) is 5.82 Å². The van der Waals surface area contributed by atoms with Gasteiger partial charge in [0.25, 0.3) is 0 Å². The highest BCUT2D eigenvalue weighted by atomic mass is 79.9. The summed E-state index contributed by atoms with van der Waals surface area (Å²) in [5.74, 6) is 1.01. The fraction of sp³-hybridized carbons (Fsp3) is 0.500. The van der Waals surface area contributed by atoms with Gasteiger partial charge in [0.2, 0.25) is 0 Å². The number of hydrogen-bond acceptors (Lipinski definition) is 3. The first kappa shape index (κ1) is 16.7. The highest BCUT2D eigenvalue weighted by molar-refractivity contribution is 9.10. The molecule has 0 aliphatic rings. The van der Waals surface area contributed by atoms with Crippen molar-refractivity contribution in [2.75, 3.05) is 32.8 Å². The van der Waals surface area contributed by atoms with Crippen molar-refractivity contribution in [1.29, 1.82) is 0 Å². The molecule has 0 saturated carbocycles. The molecule has 0 amide bonds. The van der Waals surface area contributed by atoms with Crippen LogP contribution in [0.2, 0.25) is 0 Å². The van der Waals surface area contributed by atoms with E-state index in [1.165, 1.54) is 6.07 Å². The van der Waals surface area contributed by atoms with Gasteiger partial charge in [-0.2, -0.15) is 0 Å². The summed E-state index contributed by atoms with van der Waals surface area (Å²) in [5, 5.41) is 0. The van der Waals surface area contributed by atoms with Gasteiger partial charge in [0.15, 0.2) is 0 Å². The van der Waals surface area contributed by atoms with E-state index >= 15 is 0 Å². The molecule has 2 aromatic rings. The van der Waals surface area contributed by atoms with E-state index in [2.05, 4.69) is 20.9 Å². The minimum absolute atomic E-state index is 0.304. The highest BCUT2D eigenvalue weighted by Crippen LogP contribution is 2.24. The van der Waals surface area contributed by atoms with Gasteiger partial charge in [-0.3, -0.25) is 0 Å². The van der Waals surface area contributed by atoms with Crippen LogP contribution in [0.3, 0.4) is 0 Å². The summed E-state index contributed by atoms with van der Waals surface area (Å²) in [5.41, 5.74) is 1.51. The smallest absolute Gasteiger partial charge is 0.139 e. The summed E-state index contributed by atoms with van der Waals surface area (Å²) in [6, 6.07) is 3.17. The third-order valence-electron chi connectivity index (χ3n) is 3.08. The Morgan fingerprint density at radius 3 is 2.86 bits per heavy atom. The quantitative estimate of drug-likeness (QED) is 0.521. The minimum atomic E-state index is -0.304. The van der Waals surface area contributed by atoms with Crippen LogP contribution in [0.4, 0.5) is 4.39 Å². The first-order valence-corrected chi connectivity index (χ1v) is 7.97. The lowest BCUT2D eigenvalue weighted by molar-refractivity contribution is 0.0667. The number of ether oxygens (including phenoxy) is 2. The summed E-state index contributed by atoms with van der Waals surface area (Å²) in [6.45, 7) is 2.21. The molecule has 0 saturated heterocycles. The molecule has 0 spiro atoms. The molecule has 4 nitrogen and oxygen atoms in total. The number of nitrogens with zero attached hydrogens (tertiary/aromatic N) is 2. The van der Waals surface area contributed by atoms with Crippen LogP contribution in [0.1, 0.15) is 5.82 Å². The van der Waals surface area contributed by atoms with Crippen molar-refractivity contribution in [2.45, 2.75) is 13.0 Å². The average Bonchev–Trinajstić information content (AvgIpc) is 2.77. The van der Waals surface area contributed by atoms with Crippen LogP contribution in [-0.2, 0) is 22.4 Å². The Bertz CT molecular complexity index is 606. The van der Waals surface area contributed by atoms with Gasteiger partial charge >= 0.3 is 0 Å². The molecule has 7 heteroatoms. The van der Waals surface area contributed by atoms with Crippen molar-refractivity contribution in [3.05, 3.63) is 28.2 Å². The number of alkyl halides is 1. The maximum absolute atomic E-state index is 13.8. The molecule has 0 aliphatic heterocycles. The molecule has 0 radical (unpaired) electrons. The number of halogens is 3. The van der Waals surface area contributed by atoms with Crippen LogP contribution < -0.4 is 0 Å². The van der Waals surface area contributed by atoms with Crippen LogP contribution in [0.25, 0.3) is 11.0 Å². The second-order valence-corrected chi connectivity index (χ2v) is 5.71. The van der Waals surface area contributed by atoms with Gasteiger partial charge in [-0.1, -0.05) is 0 Å². The van der Waals surface area contributed by atoms with Crippen molar-refractivity contribution in [1.82, 2.24) is 9.55 Å². The van der Waals surface area contributed by atoms with Gasteiger partial charge in [0, 0.05) is 32.0 Å². The molecule has 116 valence electrons. The zero-order chi connectivity index (χ0) is 15.2. The molecule has 0 unspecified atom stereocenters. The van der Waals surface area contributed by atoms with Crippen LogP contribution >= 0.6 is 27.5 Å². The molecule has 1 aromatic carbocycles. The Morgan fingerprint density at radius 2 is 2.14 bits per heavy atom. The van der Waals surface area contributed by atoms with E-state index in [0.717, 1.165) is 16.9 Å². The second-order valence-electron chi connectivity index (χ2n) is 4.48. The lowest BCUT2D eigenvalue weighted by Gasteiger charge is -2.09. The Hall–Kier alpha value is -0.690. The molecule has 0 atom stereocenters. The van der Waals surface area contributed by atoms with E-state index in [4.69, 9.17) is 21.1 Å². The maximum atomic E-state index is 13.8. The summed E-state index contributed by atoms with van der Waals surface area (Å²) < 4.78 is 26.5. The largest absolute Gasteiger partial charge is 0.382 e. The molecule has 0 bridgehead atoms. The SMILES string of the molecule is COCCOCCn1c(CCCl)nc2cc(Br)c(F)cc21. The predicted octanol–water partition coefficient (Wildman–Crippen LogP) is 3.38. The second kappa shape index (κ2) is 8.08. The molecular formula is C14H17BrClFN2O2. The van der Waals surface area contributed by atoms with Gasteiger partial charge < -0.3 is 14.0 Å². The van der Waals surface area contributed by atoms with Crippen molar-refractivity contribution in [3.8, 4) is 0 Å². The number of rotatable bonds is 8. The number of benzene rings is 1. The molecule has 1 aromatic heterocycles. The third-order valence-corrected chi connectivity index (χ3v) is 3.88. The number of methoxy groups -OCH3 is 1. The zero-order valence-corrected chi connectivity index (χ0v) is 14.1. The molecular weight excluding hydrogens is 363 g/mol. The number of fused-ring (bicyclic) bond motifs is 1. The number of aromatic nitrogens is 2. The van der Waals surface area contributed by atoms with Crippen LogP contribution in [-0.4, -0.2) is 42.4 Å².